The normalized spacial score (nSPS) is 14.4. The van der Waals surface area contributed by atoms with Gasteiger partial charge in [-0.2, -0.15) is 0 Å². The van der Waals surface area contributed by atoms with Crippen molar-refractivity contribution >= 4 is 87.0 Å². The number of hydrogen-bond acceptors (Lipinski definition) is 10. The van der Waals surface area contributed by atoms with Gasteiger partial charge in [-0.25, -0.2) is 34.4 Å². The fourth-order valence-corrected chi connectivity index (χ4v) is 13.4. The molecule has 0 bridgehead atoms. The van der Waals surface area contributed by atoms with Crippen molar-refractivity contribution in [1.29, 1.82) is 0 Å². The maximum atomic E-state index is 14.8. The molecule has 0 fully saturated rings. The molecule has 2 unspecified atom stereocenters. The summed E-state index contributed by atoms with van der Waals surface area (Å²) in [7, 11) is -1.61. The minimum atomic E-state index is -3.74. The standard InChI is InChI=1S/2C34H28F2N4O4S/c2*1-18-17-40-28-7-5-6-26(36)22(28)14-30(40)21-13-27(38-16-25(18)21)23-12-24-31(15-29(23)39(3)45(4,42)43)44-33(32(24)34(41)37-2)19-8-10-20(35)11-9-19/h2*5-16,18H,17H2,1-4H3,(H,37,41). The molecule has 2 aliphatic heterocycles. The molecule has 2 N–H and O–H groups in total. The van der Waals surface area contributed by atoms with Gasteiger partial charge in [0.05, 0.1) is 57.4 Å². The molecule has 0 saturated carbocycles. The highest BCUT2D eigenvalue weighted by molar-refractivity contribution is 7.92. The number of nitrogens with zero attached hydrogens (tertiary/aromatic N) is 6. The van der Waals surface area contributed by atoms with E-state index in [1.807, 2.05) is 36.4 Å². The van der Waals surface area contributed by atoms with Crippen LogP contribution in [-0.4, -0.2) is 88.5 Å². The SMILES string of the molecule is CNC(=O)c1c(-c2ccc(F)cc2)oc2cc(N(C)S(C)(=O)=O)c(-c3cc4c(cn3)C(C)Cn3c-4cc4c(F)cccc43)cc12.CNC(=O)c1c(-c2ccc(F)cc2)oc2cc(N(C)S(C)(=O)=O)c(-c3cc4c(cn3)C(C)Cn3c-4cc4c(F)cccc43)cc12. The van der Waals surface area contributed by atoms with Crippen LogP contribution in [0.25, 0.3) is 111 Å². The number of hydrogen-bond donors (Lipinski definition) is 2. The topological polar surface area (TPSA) is 195 Å². The number of halogens is 4. The van der Waals surface area contributed by atoms with Gasteiger partial charge >= 0.3 is 0 Å². The molecule has 0 saturated heterocycles. The highest BCUT2D eigenvalue weighted by Crippen LogP contribution is 2.48. The summed E-state index contributed by atoms with van der Waals surface area (Å²) >= 11 is 0. The van der Waals surface area contributed by atoms with E-state index >= 15 is 0 Å². The van der Waals surface area contributed by atoms with E-state index in [4.69, 9.17) is 18.8 Å². The van der Waals surface area contributed by atoms with Gasteiger partial charge in [0.25, 0.3) is 11.8 Å². The van der Waals surface area contributed by atoms with E-state index in [9.17, 15) is 44.0 Å². The summed E-state index contributed by atoms with van der Waals surface area (Å²) in [6.45, 7) is 5.48. The first kappa shape index (κ1) is 58.9. The summed E-state index contributed by atoms with van der Waals surface area (Å²) < 4.78 is 127. The Morgan fingerprint density at radius 3 is 1.26 bits per heavy atom. The minimum absolute atomic E-state index is 0.0838. The second-order valence-electron chi connectivity index (χ2n) is 22.7. The lowest BCUT2D eigenvalue weighted by Gasteiger charge is -2.26. The van der Waals surface area contributed by atoms with Crippen LogP contribution in [0.4, 0.5) is 28.9 Å². The molecule has 456 valence electrons. The Morgan fingerprint density at radius 2 is 0.900 bits per heavy atom. The first-order valence-corrected chi connectivity index (χ1v) is 32.2. The second kappa shape index (κ2) is 21.9. The van der Waals surface area contributed by atoms with Gasteiger partial charge in [0, 0.05) is 144 Å². The summed E-state index contributed by atoms with van der Waals surface area (Å²) in [4.78, 5) is 36.1. The van der Waals surface area contributed by atoms with E-state index in [0.29, 0.717) is 68.3 Å². The summed E-state index contributed by atoms with van der Waals surface area (Å²) in [5.41, 5.74) is 11.3. The lowest BCUT2D eigenvalue weighted by Crippen LogP contribution is -2.25. The molecule has 0 radical (unpaired) electrons. The molecule has 14 rings (SSSR count). The van der Waals surface area contributed by atoms with Crippen LogP contribution in [0.1, 0.15) is 57.5 Å². The van der Waals surface area contributed by atoms with Gasteiger partial charge in [0.15, 0.2) is 0 Å². The zero-order chi connectivity index (χ0) is 63.6. The van der Waals surface area contributed by atoms with Gasteiger partial charge in [-0.05, 0) is 120 Å². The maximum absolute atomic E-state index is 14.8. The van der Waals surface area contributed by atoms with E-state index in [0.717, 1.165) is 65.8 Å². The Bertz CT molecular complexity index is 4910. The number of carbonyl (C=O) groups excluding carboxylic acids is 2. The molecular formula is C68H56F4N8O8S2. The Kier molecular flexibility index (Phi) is 14.3. The number of sulfonamides is 2. The molecule has 8 heterocycles. The van der Waals surface area contributed by atoms with Crippen molar-refractivity contribution in [2.45, 2.75) is 38.8 Å². The molecule has 6 aromatic carbocycles. The number of benzene rings is 6. The molecule has 2 aliphatic rings. The largest absolute Gasteiger partial charge is 0.455 e. The molecule has 90 heavy (non-hydrogen) atoms. The van der Waals surface area contributed by atoms with Gasteiger partial charge < -0.3 is 28.6 Å². The zero-order valence-electron chi connectivity index (χ0n) is 49.7. The quantitative estimate of drug-likeness (QED) is 0.124. The molecule has 0 spiro atoms. The maximum Gasteiger partial charge on any atom is 0.255 e. The van der Waals surface area contributed by atoms with Crippen molar-refractivity contribution in [2.24, 2.45) is 0 Å². The Balaban J connectivity index is 0.000000165. The van der Waals surface area contributed by atoms with Crippen molar-refractivity contribution in [3.05, 3.63) is 191 Å². The highest BCUT2D eigenvalue weighted by atomic mass is 32.2. The van der Waals surface area contributed by atoms with E-state index in [-0.39, 0.29) is 68.7 Å². The molecule has 22 heteroatoms. The Morgan fingerprint density at radius 1 is 0.522 bits per heavy atom. The summed E-state index contributed by atoms with van der Waals surface area (Å²) in [5, 5.41) is 7.19. The number of aromatic nitrogens is 4. The van der Waals surface area contributed by atoms with E-state index in [1.165, 1.54) is 88.9 Å². The van der Waals surface area contributed by atoms with Gasteiger partial charge in [-0.15, -0.1) is 0 Å². The number of fused-ring (bicyclic) bond motifs is 12. The van der Waals surface area contributed by atoms with Crippen molar-refractivity contribution < 1.29 is 52.8 Å². The van der Waals surface area contributed by atoms with Crippen molar-refractivity contribution in [1.82, 2.24) is 29.7 Å². The number of furan rings is 2. The van der Waals surface area contributed by atoms with Crippen molar-refractivity contribution in [3.63, 3.8) is 0 Å². The number of amides is 2. The van der Waals surface area contributed by atoms with Gasteiger partial charge in [0.2, 0.25) is 20.0 Å². The number of anilines is 2. The van der Waals surface area contributed by atoms with Gasteiger partial charge in [-0.3, -0.25) is 28.2 Å². The van der Waals surface area contributed by atoms with Crippen LogP contribution in [0.3, 0.4) is 0 Å². The van der Waals surface area contributed by atoms with Gasteiger partial charge in [-0.1, -0.05) is 26.0 Å². The van der Waals surface area contributed by atoms with Crippen LogP contribution in [0.15, 0.2) is 155 Å². The zero-order valence-corrected chi connectivity index (χ0v) is 51.3. The summed E-state index contributed by atoms with van der Waals surface area (Å²) in [5.74, 6) is -1.75. The van der Waals surface area contributed by atoms with Crippen LogP contribution >= 0.6 is 0 Å². The number of nitrogens with one attached hydrogen (secondary N) is 2. The third-order valence-corrected chi connectivity index (χ3v) is 19.5. The molecule has 2 amide bonds. The molecule has 12 aromatic rings. The predicted molar refractivity (Wildman–Crippen MR) is 342 cm³/mol. The van der Waals surface area contributed by atoms with Crippen LogP contribution in [0.2, 0.25) is 0 Å². The fourth-order valence-electron chi connectivity index (χ4n) is 12.4. The first-order chi connectivity index (χ1) is 42.9. The average molecular weight is 1250 g/mol. The third kappa shape index (κ3) is 9.89. The second-order valence-corrected chi connectivity index (χ2v) is 26.7. The lowest BCUT2D eigenvalue weighted by atomic mass is 9.90. The molecular weight excluding hydrogens is 1200 g/mol. The monoisotopic (exact) mass is 1250 g/mol. The van der Waals surface area contributed by atoms with E-state index < -0.39 is 43.5 Å². The van der Waals surface area contributed by atoms with Gasteiger partial charge in [0.1, 0.15) is 46.0 Å². The van der Waals surface area contributed by atoms with E-state index in [1.54, 1.807) is 48.8 Å². The lowest BCUT2D eigenvalue weighted by molar-refractivity contribution is 0.0956. The van der Waals surface area contributed by atoms with Crippen LogP contribution in [0.5, 0.6) is 0 Å². The number of rotatable bonds is 10. The summed E-state index contributed by atoms with van der Waals surface area (Å²) in [6.07, 6.45) is 5.75. The molecule has 2 atom stereocenters. The Labute approximate surface area is 514 Å². The van der Waals surface area contributed by atoms with E-state index in [2.05, 4.69) is 33.6 Å². The van der Waals surface area contributed by atoms with Crippen molar-refractivity contribution in [3.8, 4) is 67.7 Å². The molecule has 0 aliphatic carbocycles. The third-order valence-electron chi connectivity index (χ3n) is 17.1. The predicted octanol–water partition coefficient (Wildman–Crippen LogP) is 13.9. The first-order valence-electron chi connectivity index (χ1n) is 28.5. The molecule has 6 aromatic heterocycles. The highest BCUT2D eigenvalue weighted by Gasteiger charge is 2.32. The van der Waals surface area contributed by atoms with Crippen LogP contribution < -0.4 is 19.2 Å². The Hall–Kier alpha value is -10.1. The molecule has 16 nitrogen and oxygen atoms in total. The fraction of sp³-hybridized carbons (Fsp3) is 0.176. The average Bonchev–Trinajstić information content (AvgIpc) is 1.54. The van der Waals surface area contributed by atoms with Crippen molar-refractivity contribution in [2.75, 3.05) is 49.3 Å². The van der Waals surface area contributed by atoms with Crippen LogP contribution in [-0.2, 0) is 33.1 Å². The number of carbonyl (C=O) groups is 2. The number of pyridine rings is 2. The summed E-state index contributed by atoms with van der Waals surface area (Å²) in [6, 6.07) is 35.2. The minimum Gasteiger partial charge on any atom is -0.455 e. The van der Waals surface area contributed by atoms with Crippen LogP contribution in [0, 0.1) is 23.3 Å². The smallest absolute Gasteiger partial charge is 0.255 e.